The molecule has 4 aromatic rings. The Hall–Kier alpha value is -3.35. The fraction of sp³-hybridized carbons (Fsp3) is 0.387. The Morgan fingerprint density at radius 2 is 1.78 bits per heavy atom. The van der Waals surface area contributed by atoms with Gasteiger partial charge in [0, 0.05) is 25.7 Å². The lowest BCUT2D eigenvalue weighted by molar-refractivity contribution is 0.0599. The topological polar surface area (TPSA) is 66.2 Å². The van der Waals surface area contributed by atoms with Crippen LogP contribution >= 0.6 is 0 Å². The van der Waals surface area contributed by atoms with Crippen LogP contribution < -0.4 is 4.74 Å². The van der Waals surface area contributed by atoms with E-state index in [0.29, 0.717) is 42.6 Å². The molecule has 1 amide bonds. The van der Waals surface area contributed by atoms with Gasteiger partial charge in [0.25, 0.3) is 5.91 Å². The average Bonchev–Trinajstić information content (AvgIpc) is 3.38. The second-order valence-corrected chi connectivity index (χ2v) is 9.90. The number of benzene rings is 3. The molecular formula is C31H36N2O4. The van der Waals surface area contributed by atoms with Crippen LogP contribution in [0, 0.1) is 0 Å². The molecule has 1 fully saturated rings. The van der Waals surface area contributed by atoms with E-state index >= 15 is 0 Å². The lowest BCUT2D eigenvalue weighted by Gasteiger charge is -2.33. The highest BCUT2D eigenvalue weighted by Gasteiger charge is 2.23. The van der Waals surface area contributed by atoms with Crippen LogP contribution in [0.25, 0.3) is 21.7 Å². The molecule has 6 nitrogen and oxygen atoms in total. The van der Waals surface area contributed by atoms with Crippen molar-refractivity contribution in [2.75, 3.05) is 39.3 Å². The van der Waals surface area contributed by atoms with Crippen LogP contribution in [0.3, 0.4) is 0 Å². The Kier molecular flexibility index (Phi) is 7.77. The van der Waals surface area contributed by atoms with Crippen molar-refractivity contribution in [3.63, 3.8) is 0 Å². The minimum atomic E-state index is -0.601. The molecule has 0 radical (unpaired) electrons. The van der Waals surface area contributed by atoms with Crippen molar-refractivity contribution < 1.29 is 19.1 Å². The number of fused-ring (bicyclic) bond motifs is 2. The zero-order chi connectivity index (χ0) is 25.8. The summed E-state index contributed by atoms with van der Waals surface area (Å²) < 4.78 is 11.8. The van der Waals surface area contributed by atoms with Crippen LogP contribution in [0.5, 0.6) is 5.75 Å². The monoisotopic (exact) mass is 500 g/mol. The first-order valence-electron chi connectivity index (χ1n) is 13.4. The lowest BCUT2D eigenvalue weighted by Crippen LogP contribution is -2.40. The van der Waals surface area contributed by atoms with E-state index in [4.69, 9.17) is 9.15 Å². The van der Waals surface area contributed by atoms with Crippen LogP contribution in [-0.2, 0) is 0 Å². The van der Waals surface area contributed by atoms with Gasteiger partial charge in [-0.2, -0.15) is 0 Å². The Morgan fingerprint density at radius 1 is 1.03 bits per heavy atom. The maximum absolute atomic E-state index is 12.7. The summed E-state index contributed by atoms with van der Waals surface area (Å²) in [6, 6.07) is 22.6. The number of hydrogen-bond donors (Lipinski definition) is 1. The van der Waals surface area contributed by atoms with Crippen molar-refractivity contribution in [3.8, 4) is 5.75 Å². The number of nitrogens with zero attached hydrogens (tertiary/aromatic N) is 2. The van der Waals surface area contributed by atoms with Crippen molar-refractivity contribution in [3.05, 3.63) is 78.1 Å². The zero-order valence-electron chi connectivity index (χ0n) is 21.7. The fourth-order valence-corrected chi connectivity index (χ4v) is 5.38. The number of carbonyl (C=O) groups excluding carboxylic acids is 1. The summed E-state index contributed by atoms with van der Waals surface area (Å²) in [5.74, 6) is 1.36. The number of likely N-dealkylation sites (tertiary alicyclic amines) is 1. The van der Waals surface area contributed by atoms with Gasteiger partial charge in [0.15, 0.2) is 5.76 Å². The number of ether oxygens (including phenoxy) is 1. The van der Waals surface area contributed by atoms with E-state index in [1.165, 1.54) is 16.3 Å². The summed E-state index contributed by atoms with van der Waals surface area (Å²) in [4.78, 5) is 16.7. The number of piperidine rings is 1. The normalized spacial score (nSPS) is 15.8. The van der Waals surface area contributed by atoms with Crippen LogP contribution in [0.2, 0.25) is 0 Å². The molecule has 1 saturated heterocycles. The molecule has 1 aliphatic heterocycles. The predicted molar refractivity (Wildman–Crippen MR) is 147 cm³/mol. The van der Waals surface area contributed by atoms with E-state index in [1.54, 1.807) is 11.0 Å². The smallest absolute Gasteiger partial charge is 0.289 e. The van der Waals surface area contributed by atoms with Gasteiger partial charge in [-0.1, -0.05) is 48.5 Å². The summed E-state index contributed by atoms with van der Waals surface area (Å²) in [5, 5.41) is 14.0. The Morgan fingerprint density at radius 3 is 2.54 bits per heavy atom. The van der Waals surface area contributed by atoms with Crippen molar-refractivity contribution in [1.82, 2.24) is 9.80 Å². The first-order chi connectivity index (χ1) is 18.1. The largest absolute Gasteiger partial charge is 0.490 e. The second-order valence-electron chi connectivity index (χ2n) is 9.90. The maximum Gasteiger partial charge on any atom is 0.289 e. The van der Waals surface area contributed by atoms with Gasteiger partial charge in [-0.05, 0) is 74.2 Å². The first-order valence-corrected chi connectivity index (χ1v) is 13.4. The number of hydrogen-bond acceptors (Lipinski definition) is 5. The predicted octanol–water partition coefficient (Wildman–Crippen LogP) is 5.69. The Balaban J connectivity index is 1.15. The van der Waals surface area contributed by atoms with Gasteiger partial charge in [0.1, 0.15) is 24.0 Å². The lowest BCUT2D eigenvalue weighted by atomic mass is 9.88. The van der Waals surface area contributed by atoms with Crippen LogP contribution in [0.4, 0.5) is 0 Å². The molecule has 194 valence electrons. The van der Waals surface area contributed by atoms with E-state index in [9.17, 15) is 9.90 Å². The molecule has 37 heavy (non-hydrogen) atoms. The Labute approximate surface area is 218 Å². The molecule has 1 aliphatic rings. The van der Waals surface area contributed by atoms with Crippen molar-refractivity contribution >= 4 is 27.6 Å². The van der Waals surface area contributed by atoms with Crippen LogP contribution in [0.1, 0.15) is 48.7 Å². The molecule has 5 rings (SSSR count). The highest BCUT2D eigenvalue weighted by Crippen LogP contribution is 2.31. The van der Waals surface area contributed by atoms with Gasteiger partial charge in [0.2, 0.25) is 0 Å². The zero-order valence-corrected chi connectivity index (χ0v) is 21.7. The van der Waals surface area contributed by atoms with Crippen molar-refractivity contribution in [1.29, 1.82) is 0 Å². The molecule has 1 atom stereocenters. The summed E-state index contributed by atoms with van der Waals surface area (Å²) in [6.07, 6.45) is 1.57. The molecular weight excluding hydrogens is 464 g/mol. The van der Waals surface area contributed by atoms with E-state index in [0.717, 1.165) is 31.3 Å². The average molecular weight is 501 g/mol. The molecule has 1 aromatic heterocycles. The molecule has 0 bridgehead atoms. The third-order valence-electron chi connectivity index (χ3n) is 7.52. The number of rotatable bonds is 9. The van der Waals surface area contributed by atoms with Gasteiger partial charge in [-0.25, -0.2) is 0 Å². The first kappa shape index (κ1) is 25.3. The number of carbonyl (C=O) groups is 1. The van der Waals surface area contributed by atoms with E-state index in [-0.39, 0.29) is 12.5 Å². The molecule has 1 N–H and O–H groups in total. The quantitative estimate of drug-likeness (QED) is 0.320. The third kappa shape index (κ3) is 5.65. The standard InChI is InChI=1S/C31H36N2O4/c1-3-33(4-2)31(35)30-19-27-28(10-7-11-29(27)37-30)36-21-26(34)20-32-16-14-23(15-17-32)25-13-12-22-8-5-6-9-24(22)18-25/h5-13,18-19,23,26,34H,3-4,14-17,20-21H2,1-2H3. The number of β-amino-alcohol motifs (C(OH)–C–C–N with tert-alkyl or cyclic N) is 1. The highest BCUT2D eigenvalue weighted by atomic mass is 16.5. The van der Waals surface area contributed by atoms with E-state index in [2.05, 4.69) is 47.4 Å². The Bertz CT molecular complexity index is 1350. The van der Waals surface area contributed by atoms with Crippen molar-refractivity contribution in [2.24, 2.45) is 0 Å². The SMILES string of the molecule is CCN(CC)C(=O)c1cc2c(OCC(O)CN3CCC(c4ccc5ccccc5c4)CC3)cccc2o1. The molecule has 2 heterocycles. The number of furan rings is 1. The number of aliphatic hydroxyl groups is 1. The molecule has 3 aromatic carbocycles. The molecule has 0 aliphatic carbocycles. The second kappa shape index (κ2) is 11.4. The third-order valence-corrected chi connectivity index (χ3v) is 7.52. The van der Waals surface area contributed by atoms with Crippen LogP contribution in [-0.4, -0.2) is 66.2 Å². The molecule has 0 spiro atoms. The summed E-state index contributed by atoms with van der Waals surface area (Å²) in [5.41, 5.74) is 2.02. The van der Waals surface area contributed by atoms with Gasteiger partial charge in [-0.15, -0.1) is 0 Å². The summed E-state index contributed by atoms with van der Waals surface area (Å²) >= 11 is 0. The van der Waals surface area contributed by atoms with Crippen molar-refractivity contribution in [2.45, 2.75) is 38.7 Å². The maximum atomic E-state index is 12.7. The molecule has 1 unspecified atom stereocenters. The number of aliphatic hydroxyl groups excluding tert-OH is 1. The van der Waals surface area contributed by atoms with Crippen LogP contribution in [0.15, 0.2) is 71.1 Å². The van der Waals surface area contributed by atoms with E-state index in [1.807, 2.05) is 32.0 Å². The molecule has 0 saturated carbocycles. The van der Waals surface area contributed by atoms with E-state index < -0.39 is 6.10 Å². The van der Waals surface area contributed by atoms with Gasteiger partial charge in [-0.3, -0.25) is 4.79 Å². The summed E-state index contributed by atoms with van der Waals surface area (Å²) in [6.45, 7) is 7.85. The summed E-state index contributed by atoms with van der Waals surface area (Å²) in [7, 11) is 0. The van der Waals surface area contributed by atoms with Gasteiger partial charge < -0.3 is 24.1 Å². The van der Waals surface area contributed by atoms with Gasteiger partial charge in [0.05, 0.1) is 5.39 Å². The minimum Gasteiger partial charge on any atom is -0.490 e. The number of amides is 1. The highest BCUT2D eigenvalue weighted by molar-refractivity contribution is 5.97. The fourth-order valence-electron chi connectivity index (χ4n) is 5.38. The molecule has 6 heteroatoms. The van der Waals surface area contributed by atoms with Gasteiger partial charge >= 0.3 is 0 Å². The minimum absolute atomic E-state index is 0.126.